The van der Waals surface area contributed by atoms with Gasteiger partial charge in [-0.1, -0.05) is 49.6 Å². The van der Waals surface area contributed by atoms with E-state index in [9.17, 15) is 14.7 Å². The number of rotatable bonds is 8. The minimum atomic E-state index is -0.514. The van der Waals surface area contributed by atoms with Crippen molar-refractivity contribution in [2.75, 3.05) is 13.7 Å². The second-order valence-electron chi connectivity index (χ2n) is 8.81. The van der Waals surface area contributed by atoms with E-state index in [0.29, 0.717) is 52.0 Å². The standard InChI is InChI=1S/C25H31N3O4S/c1-16-21-23(30)26-20(27-24(21)33-22(16)25(31)32-2)15-28(18-11-7-4-8-12-18)14-19(29)13-17-9-5-3-6-10-17/h3,5-6,9-10,18-19,29H,4,7-8,11-15H2,1-2H3,(H,26,27,30). The molecule has 0 bridgehead atoms. The first kappa shape index (κ1) is 23.6. The summed E-state index contributed by atoms with van der Waals surface area (Å²) in [5.41, 5.74) is 1.46. The third-order valence-electron chi connectivity index (χ3n) is 6.42. The van der Waals surface area contributed by atoms with Gasteiger partial charge in [0.15, 0.2) is 0 Å². The van der Waals surface area contributed by atoms with E-state index >= 15 is 0 Å². The lowest BCUT2D eigenvalue weighted by Gasteiger charge is -2.35. The molecule has 1 aliphatic rings. The number of benzene rings is 1. The van der Waals surface area contributed by atoms with Crippen molar-refractivity contribution in [3.63, 3.8) is 0 Å². The summed E-state index contributed by atoms with van der Waals surface area (Å²) in [6.07, 6.45) is 5.81. The highest BCUT2D eigenvalue weighted by Gasteiger charge is 2.25. The maximum Gasteiger partial charge on any atom is 0.348 e. The normalized spacial score (nSPS) is 15.8. The monoisotopic (exact) mass is 469 g/mol. The molecule has 0 aliphatic heterocycles. The van der Waals surface area contributed by atoms with E-state index in [0.717, 1.165) is 18.4 Å². The molecule has 2 heterocycles. The van der Waals surface area contributed by atoms with Gasteiger partial charge in [0.25, 0.3) is 5.56 Å². The summed E-state index contributed by atoms with van der Waals surface area (Å²) in [6.45, 7) is 2.71. The van der Waals surface area contributed by atoms with Crippen molar-refractivity contribution in [1.82, 2.24) is 14.9 Å². The Bertz CT molecular complexity index is 1150. The summed E-state index contributed by atoms with van der Waals surface area (Å²) in [6, 6.07) is 10.3. The van der Waals surface area contributed by atoms with Gasteiger partial charge in [-0.25, -0.2) is 9.78 Å². The van der Waals surface area contributed by atoms with Crippen LogP contribution in [0.2, 0.25) is 0 Å². The number of H-pyrrole nitrogens is 1. The van der Waals surface area contributed by atoms with Crippen LogP contribution in [0.3, 0.4) is 0 Å². The van der Waals surface area contributed by atoms with Crippen LogP contribution in [0.4, 0.5) is 0 Å². The Morgan fingerprint density at radius 1 is 1.27 bits per heavy atom. The molecule has 1 aromatic carbocycles. The van der Waals surface area contributed by atoms with Crippen molar-refractivity contribution in [1.29, 1.82) is 0 Å². The van der Waals surface area contributed by atoms with E-state index < -0.39 is 12.1 Å². The molecule has 8 heteroatoms. The SMILES string of the molecule is COC(=O)c1sc2nc(CN(CC(O)Cc3ccccc3)C3CCCCC3)[nH]c(=O)c2c1C. The van der Waals surface area contributed by atoms with Gasteiger partial charge in [0.2, 0.25) is 0 Å². The number of fused-ring (bicyclic) bond motifs is 1. The quantitative estimate of drug-likeness (QED) is 0.487. The van der Waals surface area contributed by atoms with Crippen molar-refractivity contribution in [2.45, 2.75) is 64.1 Å². The summed E-state index contributed by atoms with van der Waals surface area (Å²) in [4.78, 5) is 35.7. The molecule has 4 rings (SSSR count). The number of aliphatic hydroxyl groups excluding tert-OH is 1. The van der Waals surface area contributed by atoms with E-state index in [2.05, 4.69) is 9.88 Å². The molecule has 176 valence electrons. The molecule has 2 N–H and O–H groups in total. The number of carbonyl (C=O) groups is 1. The van der Waals surface area contributed by atoms with Crippen molar-refractivity contribution in [2.24, 2.45) is 0 Å². The highest BCUT2D eigenvalue weighted by molar-refractivity contribution is 7.20. The molecule has 1 aliphatic carbocycles. The number of aromatic amines is 1. The third kappa shape index (κ3) is 5.51. The summed E-state index contributed by atoms with van der Waals surface area (Å²) < 4.78 is 4.85. The number of aliphatic hydroxyl groups is 1. The Kier molecular flexibility index (Phi) is 7.57. The number of hydrogen-bond acceptors (Lipinski definition) is 7. The van der Waals surface area contributed by atoms with Crippen LogP contribution in [0.25, 0.3) is 10.2 Å². The molecule has 0 amide bonds. The zero-order valence-electron chi connectivity index (χ0n) is 19.2. The number of carbonyl (C=O) groups excluding carboxylic acids is 1. The molecule has 1 fully saturated rings. The van der Waals surface area contributed by atoms with Crippen molar-refractivity contribution >= 4 is 27.5 Å². The van der Waals surface area contributed by atoms with Gasteiger partial charge in [-0.05, 0) is 37.3 Å². The summed E-state index contributed by atoms with van der Waals surface area (Å²) >= 11 is 1.19. The second kappa shape index (κ2) is 10.6. The number of hydrogen-bond donors (Lipinski definition) is 2. The van der Waals surface area contributed by atoms with Gasteiger partial charge in [-0.3, -0.25) is 9.69 Å². The topological polar surface area (TPSA) is 95.5 Å². The molecule has 1 atom stereocenters. The lowest BCUT2D eigenvalue weighted by molar-refractivity contribution is 0.0605. The molecular formula is C25H31N3O4S. The maximum atomic E-state index is 12.9. The summed E-state index contributed by atoms with van der Waals surface area (Å²) in [5, 5.41) is 11.3. The van der Waals surface area contributed by atoms with Crippen molar-refractivity contribution in [3.05, 3.63) is 62.5 Å². The van der Waals surface area contributed by atoms with Crippen LogP contribution < -0.4 is 5.56 Å². The van der Waals surface area contributed by atoms with E-state index in [1.807, 2.05) is 30.3 Å². The van der Waals surface area contributed by atoms with E-state index in [1.165, 1.54) is 37.7 Å². The molecule has 1 unspecified atom stereocenters. The van der Waals surface area contributed by atoms with Gasteiger partial charge >= 0.3 is 5.97 Å². The lowest BCUT2D eigenvalue weighted by Crippen LogP contribution is -2.42. The van der Waals surface area contributed by atoms with Crippen LogP contribution in [0, 0.1) is 6.92 Å². The minimum Gasteiger partial charge on any atom is -0.465 e. The number of nitrogens with one attached hydrogen (secondary N) is 1. The second-order valence-corrected chi connectivity index (χ2v) is 9.80. The zero-order chi connectivity index (χ0) is 23.4. The van der Waals surface area contributed by atoms with Gasteiger partial charge in [0.05, 0.1) is 25.1 Å². The molecule has 1 saturated carbocycles. The molecule has 0 radical (unpaired) electrons. The Balaban J connectivity index is 1.58. The highest BCUT2D eigenvalue weighted by Crippen LogP contribution is 2.28. The highest BCUT2D eigenvalue weighted by atomic mass is 32.1. The summed E-state index contributed by atoms with van der Waals surface area (Å²) in [7, 11) is 1.33. The third-order valence-corrected chi connectivity index (χ3v) is 7.59. The molecule has 0 spiro atoms. The van der Waals surface area contributed by atoms with Crippen LogP contribution in [-0.2, 0) is 17.7 Å². The molecule has 0 saturated heterocycles. The van der Waals surface area contributed by atoms with Crippen LogP contribution >= 0.6 is 11.3 Å². The number of methoxy groups -OCH3 is 1. The van der Waals surface area contributed by atoms with Crippen LogP contribution in [0.1, 0.15) is 58.7 Å². The number of ether oxygens (including phenoxy) is 1. The van der Waals surface area contributed by atoms with Crippen molar-refractivity contribution < 1.29 is 14.6 Å². The van der Waals surface area contributed by atoms with Gasteiger partial charge in [-0.15, -0.1) is 11.3 Å². The smallest absolute Gasteiger partial charge is 0.348 e. The number of esters is 1. The van der Waals surface area contributed by atoms with Crippen molar-refractivity contribution in [3.8, 4) is 0 Å². The first-order chi connectivity index (χ1) is 16.0. The van der Waals surface area contributed by atoms with Crippen LogP contribution in [0.5, 0.6) is 0 Å². The summed E-state index contributed by atoms with van der Waals surface area (Å²) in [5.74, 6) is 0.104. The zero-order valence-corrected chi connectivity index (χ0v) is 20.0. The molecule has 3 aromatic rings. The van der Waals surface area contributed by atoms with E-state index in [1.54, 1.807) is 6.92 Å². The molecule has 33 heavy (non-hydrogen) atoms. The predicted molar refractivity (Wildman–Crippen MR) is 130 cm³/mol. The predicted octanol–water partition coefficient (Wildman–Crippen LogP) is 3.82. The van der Waals surface area contributed by atoms with Gasteiger partial charge in [-0.2, -0.15) is 0 Å². The van der Waals surface area contributed by atoms with Gasteiger partial charge in [0.1, 0.15) is 15.5 Å². The minimum absolute atomic E-state index is 0.243. The van der Waals surface area contributed by atoms with E-state index in [4.69, 9.17) is 9.72 Å². The maximum absolute atomic E-state index is 12.9. The molecule has 7 nitrogen and oxygen atoms in total. The number of thiophene rings is 1. The Morgan fingerprint density at radius 3 is 2.70 bits per heavy atom. The van der Waals surface area contributed by atoms with Crippen LogP contribution in [0.15, 0.2) is 35.1 Å². The number of nitrogens with zero attached hydrogens (tertiary/aromatic N) is 2. The Labute approximate surface area is 197 Å². The first-order valence-electron chi connectivity index (χ1n) is 11.5. The average molecular weight is 470 g/mol. The fourth-order valence-corrected chi connectivity index (χ4v) is 5.87. The fourth-order valence-electron chi connectivity index (χ4n) is 4.75. The molecule has 2 aromatic heterocycles. The average Bonchev–Trinajstić information content (AvgIpc) is 3.16. The molecular weight excluding hydrogens is 438 g/mol. The van der Waals surface area contributed by atoms with Gasteiger partial charge < -0.3 is 14.8 Å². The Hall–Kier alpha value is -2.55. The van der Waals surface area contributed by atoms with E-state index in [-0.39, 0.29) is 5.56 Å². The fraction of sp³-hybridized carbons (Fsp3) is 0.480. The largest absolute Gasteiger partial charge is 0.465 e. The van der Waals surface area contributed by atoms with Crippen LogP contribution in [-0.4, -0.2) is 51.7 Å². The number of aryl methyl sites for hydroxylation is 1. The first-order valence-corrected chi connectivity index (χ1v) is 12.3. The number of aromatic nitrogens is 2. The lowest BCUT2D eigenvalue weighted by atomic mass is 9.93. The Morgan fingerprint density at radius 2 is 2.00 bits per heavy atom. The van der Waals surface area contributed by atoms with Gasteiger partial charge in [0, 0.05) is 12.6 Å².